The fraction of sp³-hybridized carbons (Fsp3) is 0.409. The van der Waals surface area contributed by atoms with Crippen LogP contribution in [0.1, 0.15) is 63.6 Å². The molecule has 1 aliphatic rings. The van der Waals surface area contributed by atoms with Gasteiger partial charge in [0.1, 0.15) is 0 Å². The molecule has 3 heteroatoms. The number of aliphatic hydroxyl groups excluding tert-OH is 1. The average molecular weight is 345 g/mol. The molecular weight excluding hydrogens is 310 g/mol. The molecule has 1 N–H and O–H groups in total. The van der Waals surface area contributed by atoms with Gasteiger partial charge in [0, 0.05) is 33.6 Å². The minimum atomic E-state index is -2.87. The van der Waals surface area contributed by atoms with Crippen LogP contribution < -0.4 is 0 Å². The fourth-order valence-corrected chi connectivity index (χ4v) is 3.04. The van der Waals surface area contributed by atoms with Crippen LogP contribution in [0.2, 0.25) is 0 Å². The summed E-state index contributed by atoms with van der Waals surface area (Å²) in [4.78, 5) is 13.8. The molecule has 2 aromatic rings. The Kier molecular flexibility index (Phi) is 3.67. The first kappa shape index (κ1) is 10.9. The van der Waals surface area contributed by atoms with Crippen molar-refractivity contribution in [3.05, 3.63) is 71.8 Å². The quantitative estimate of drug-likeness (QED) is 0.797. The van der Waals surface area contributed by atoms with Gasteiger partial charge in [0.05, 0.1) is 6.10 Å². The maximum atomic E-state index is 13.0. The number of piperidine rings is 1. The van der Waals surface area contributed by atoms with Crippen molar-refractivity contribution in [2.75, 3.05) is 6.98 Å². The second-order valence-electron chi connectivity index (χ2n) is 6.19. The van der Waals surface area contributed by atoms with Crippen LogP contribution in [-0.4, -0.2) is 34.8 Å². The maximum absolute atomic E-state index is 13.0. The minimum absolute atomic E-state index is 0.0813. The van der Waals surface area contributed by atoms with E-state index in [1.807, 2.05) is 0 Å². The molecule has 0 aromatic heterocycles. The van der Waals surface area contributed by atoms with Gasteiger partial charge < -0.3 is 5.11 Å². The summed E-state index contributed by atoms with van der Waals surface area (Å²) in [6, 6.07) is 13.3. The Labute approximate surface area is 160 Å². The highest BCUT2D eigenvalue weighted by Gasteiger charge is 2.30. The Balaban J connectivity index is 2.01. The summed E-state index contributed by atoms with van der Waals surface area (Å²) in [7, 11) is 0. The zero-order valence-corrected chi connectivity index (χ0v) is 13.9. The molecule has 1 heterocycles. The van der Waals surface area contributed by atoms with E-state index in [9.17, 15) is 9.90 Å². The number of Topliss-reactive ketones (excluding diaryl/α,β-unsaturated/α-hetero) is 1. The maximum Gasteiger partial charge on any atom is 0.164 e. The second-order valence-corrected chi connectivity index (χ2v) is 6.19. The van der Waals surface area contributed by atoms with E-state index in [-0.39, 0.29) is 18.4 Å². The van der Waals surface area contributed by atoms with Gasteiger partial charge >= 0.3 is 0 Å². The van der Waals surface area contributed by atoms with Gasteiger partial charge in [0.15, 0.2) is 5.78 Å². The lowest BCUT2D eigenvalue weighted by molar-refractivity contribution is 0.0549. The van der Waals surface area contributed by atoms with Gasteiger partial charge in [-0.3, -0.25) is 9.69 Å². The normalized spacial score (nSPS) is 28.3. The molecule has 0 unspecified atom stereocenters. The fourth-order valence-electron chi connectivity index (χ4n) is 3.04. The third-order valence-electron chi connectivity index (χ3n) is 4.43. The number of nitrogens with zero attached hydrogens (tertiary/aromatic N) is 1. The van der Waals surface area contributed by atoms with Gasteiger partial charge in [-0.2, -0.15) is 0 Å². The molecule has 2 aromatic carbocycles. The number of likely N-dealkylation sites (tertiary alicyclic amines) is 1. The molecule has 0 spiro atoms. The van der Waals surface area contributed by atoms with E-state index < -0.39 is 43.7 Å². The molecule has 1 fully saturated rings. The monoisotopic (exact) mass is 344 g/mol. The molecule has 3 nitrogen and oxygen atoms in total. The Morgan fingerprint density at radius 1 is 1.16 bits per heavy atom. The molecule has 1 aliphatic heterocycles. The topological polar surface area (TPSA) is 40.5 Å². The van der Waals surface area contributed by atoms with Crippen LogP contribution >= 0.6 is 0 Å². The van der Waals surface area contributed by atoms with Gasteiger partial charge in [0.2, 0.25) is 0 Å². The van der Waals surface area contributed by atoms with Crippen LogP contribution in [0, 0.1) is 0 Å². The van der Waals surface area contributed by atoms with Crippen LogP contribution in [0.5, 0.6) is 0 Å². The van der Waals surface area contributed by atoms with Gasteiger partial charge in [-0.25, -0.2) is 0 Å². The van der Waals surface area contributed by atoms with Crippen molar-refractivity contribution in [1.29, 1.82) is 0 Å². The van der Waals surface area contributed by atoms with E-state index in [2.05, 4.69) is 0 Å². The molecule has 1 saturated heterocycles. The van der Waals surface area contributed by atoms with E-state index in [4.69, 9.17) is 9.60 Å². The third-order valence-corrected chi connectivity index (χ3v) is 4.43. The number of aliphatic hydroxyl groups is 1. The Morgan fingerprint density at radius 3 is 2.48 bits per heavy atom. The smallest absolute Gasteiger partial charge is 0.164 e. The Bertz CT molecular complexity index is 919. The molecule has 0 bridgehead atoms. The van der Waals surface area contributed by atoms with Crippen LogP contribution in [-0.2, 0) is 0 Å². The van der Waals surface area contributed by atoms with Crippen molar-refractivity contribution in [1.82, 2.24) is 4.90 Å². The largest absolute Gasteiger partial charge is 0.388 e. The van der Waals surface area contributed by atoms with Crippen molar-refractivity contribution in [3.8, 4) is 0 Å². The molecule has 132 valence electrons. The summed E-state index contributed by atoms with van der Waals surface area (Å²) in [6.45, 7) is -2.87. The molecule has 3 rings (SSSR count). The first-order valence-corrected chi connectivity index (χ1v) is 8.49. The highest BCUT2D eigenvalue weighted by Crippen LogP contribution is 2.30. The lowest BCUT2D eigenvalue weighted by Crippen LogP contribution is -2.45. The molecule has 0 aliphatic carbocycles. The summed E-state index contributed by atoms with van der Waals surface area (Å²) in [5, 5.41) is 10.8. The number of rotatable bonds is 6. The van der Waals surface area contributed by atoms with Crippen molar-refractivity contribution < 1.29 is 19.5 Å². The number of benzene rings is 2. The van der Waals surface area contributed by atoms with Gasteiger partial charge in [-0.15, -0.1) is 0 Å². The predicted octanol–water partition coefficient (Wildman–Crippen LogP) is 4.24. The minimum Gasteiger partial charge on any atom is -0.388 e. The SMILES string of the molecule is [2H]C([2H])(C(=O)c1ccccc1)[C@H]1CCC[C@@H](C([2H])([2H])[C@@H](O)c2ccccc2)N1C([2H])([2H])[2H]. The standard InChI is InChI=1S/C22H27NO2/c1-23-19(15-21(24)17-9-4-2-5-10-17)13-8-14-20(23)16-22(25)18-11-6-3-7-12-18/h2-7,9-12,19-21,24H,8,13-16H2,1H3/t19-,20+,21+/m0/s1/i1D3,15D2,16D2. The van der Waals surface area contributed by atoms with Crippen molar-refractivity contribution in [2.45, 2.75) is 50.2 Å². The van der Waals surface area contributed by atoms with E-state index in [0.717, 1.165) is 4.90 Å². The van der Waals surface area contributed by atoms with E-state index in [0.29, 0.717) is 12.0 Å². The number of ketones is 1. The van der Waals surface area contributed by atoms with E-state index in [1.54, 1.807) is 48.5 Å². The summed E-state index contributed by atoms with van der Waals surface area (Å²) < 4.78 is 58.7. The van der Waals surface area contributed by atoms with E-state index >= 15 is 0 Å². The van der Waals surface area contributed by atoms with Crippen molar-refractivity contribution >= 4 is 5.78 Å². The summed E-state index contributed by atoms with van der Waals surface area (Å²) in [5.74, 6) is -0.845. The number of carbonyl (C=O) groups excluding carboxylic acids is 1. The van der Waals surface area contributed by atoms with Crippen LogP contribution in [0.15, 0.2) is 60.7 Å². The Hall–Kier alpha value is -1.97. The van der Waals surface area contributed by atoms with Gasteiger partial charge in [0.25, 0.3) is 0 Å². The number of hydrogen-bond acceptors (Lipinski definition) is 3. The number of hydrogen-bond donors (Lipinski definition) is 1. The highest BCUT2D eigenvalue weighted by molar-refractivity contribution is 5.96. The lowest BCUT2D eigenvalue weighted by Gasteiger charge is -2.40. The van der Waals surface area contributed by atoms with Crippen molar-refractivity contribution in [3.63, 3.8) is 0 Å². The summed E-state index contributed by atoms with van der Waals surface area (Å²) >= 11 is 0. The zero-order chi connectivity index (χ0) is 23.7. The molecular formula is C22H27NO2. The van der Waals surface area contributed by atoms with Crippen LogP contribution in [0.3, 0.4) is 0 Å². The molecule has 25 heavy (non-hydrogen) atoms. The molecule has 0 saturated carbocycles. The van der Waals surface area contributed by atoms with Gasteiger partial charge in [-0.05, 0) is 31.8 Å². The first-order valence-electron chi connectivity index (χ1n) is 12.0. The van der Waals surface area contributed by atoms with E-state index in [1.165, 1.54) is 12.1 Å². The summed E-state index contributed by atoms with van der Waals surface area (Å²) in [5.41, 5.74) is 0.422. The number of carbonyl (C=O) groups is 1. The van der Waals surface area contributed by atoms with Crippen molar-refractivity contribution in [2.24, 2.45) is 0 Å². The average Bonchev–Trinajstić information content (AvgIpc) is 2.78. The summed E-state index contributed by atoms with van der Waals surface area (Å²) in [6.07, 6.45) is -6.07. The Morgan fingerprint density at radius 2 is 1.80 bits per heavy atom. The highest BCUT2D eigenvalue weighted by atomic mass is 16.3. The third kappa shape index (κ3) is 4.56. The predicted molar refractivity (Wildman–Crippen MR) is 101 cm³/mol. The second kappa shape index (κ2) is 8.41. The molecule has 3 atom stereocenters. The van der Waals surface area contributed by atoms with Gasteiger partial charge in [-0.1, -0.05) is 67.1 Å². The zero-order valence-electron chi connectivity index (χ0n) is 20.9. The molecule has 0 amide bonds. The van der Waals surface area contributed by atoms with Crippen LogP contribution in [0.25, 0.3) is 0 Å². The molecule has 0 radical (unpaired) electrons. The lowest BCUT2D eigenvalue weighted by atomic mass is 9.88. The van der Waals surface area contributed by atoms with Crippen LogP contribution in [0.4, 0.5) is 0 Å². The first-order chi connectivity index (χ1) is 14.9.